The zero-order valence-electron chi connectivity index (χ0n) is 9.37. The van der Waals surface area contributed by atoms with Gasteiger partial charge in [0.2, 0.25) is 0 Å². The molecule has 0 amide bonds. The molecule has 2 heteroatoms. The molecule has 2 aromatic carbocycles. The topological polar surface area (TPSA) is 9.23 Å². The van der Waals surface area contributed by atoms with Crippen LogP contribution in [0.4, 0.5) is 4.39 Å². The van der Waals surface area contributed by atoms with Gasteiger partial charge in [-0.2, -0.15) is 0 Å². The molecule has 0 aliphatic rings. The van der Waals surface area contributed by atoms with Gasteiger partial charge < -0.3 is 4.74 Å². The first-order valence-electron chi connectivity index (χ1n) is 5.63. The molecular formula is C14H15FO. The summed E-state index contributed by atoms with van der Waals surface area (Å²) in [6, 6.07) is 10.6. The summed E-state index contributed by atoms with van der Waals surface area (Å²) in [7, 11) is 0. The first-order chi connectivity index (χ1) is 7.83. The first-order valence-corrected chi connectivity index (χ1v) is 5.63. The van der Waals surface area contributed by atoms with Crippen LogP contribution in [0.3, 0.4) is 0 Å². The molecule has 0 heterocycles. The van der Waals surface area contributed by atoms with Crippen LogP contribution < -0.4 is 4.74 Å². The molecule has 0 atom stereocenters. The van der Waals surface area contributed by atoms with Gasteiger partial charge in [-0.25, -0.2) is 4.39 Å². The minimum Gasteiger partial charge on any atom is -0.493 e. The highest BCUT2D eigenvalue weighted by Crippen LogP contribution is 2.27. The van der Waals surface area contributed by atoms with E-state index in [0.717, 1.165) is 24.0 Å². The second kappa shape index (κ2) is 4.97. The summed E-state index contributed by atoms with van der Waals surface area (Å²) in [5.74, 6) is 0.573. The predicted octanol–water partition coefficient (Wildman–Crippen LogP) is 4.16. The fourth-order valence-corrected chi connectivity index (χ4v) is 1.69. The molecule has 2 rings (SSSR count). The lowest BCUT2D eigenvalue weighted by atomic mass is 10.1. The van der Waals surface area contributed by atoms with Crippen LogP contribution in [-0.4, -0.2) is 6.61 Å². The van der Waals surface area contributed by atoms with Crippen LogP contribution in [0.25, 0.3) is 10.8 Å². The standard InChI is InChI=1S/C14H15FO/c1-2-3-10-16-14-9-8-13(15)11-6-4-5-7-12(11)14/h4-9H,2-3,10H2,1H3. The lowest BCUT2D eigenvalue weighted by molar-refractivity contribution is 0.312. The van der Waals surface area contributed by atoms with Gasteiger partial charge >= 0.3 is 0 Å². The molecule has 0 saturated heterocycles. The highest BCUT2D eigenvalue weighted by Gasteiger charge is 2.05. The number of halogens is 1. The SMILES string of the molecule is CCCCOc1ccc(F)c2ccccc12. The van der Waals surface area contributed by atoms with Crippen molar-refractivity contribution in [1.29, 1.82) is 0 Å². The smallest absolute Gasteiger partial charge is 0.131 e. The van der Waals surface area contributed by atoms with Crippen molar-refractivity contribution in [3.8, 4) is 5.75 Å². The number of ether oxygens (including phenoxy) is 1. The Kier molecular flexibility index (Phi) is 3.40. The van der Waals surface area contributed by atoms with Crippen molar-refractivity contribution in [2.24, 2.45) is 0 Å². The van der Waals surface area contributed by atoms with E-state index in [1.54, 1.807) is 12.1 Å². The van der Waals surface area contributed by atoms with E-state index < -0.39 is 0 Å². The van der Waals surface area contributed by atoms with E-state index in [1.165, 1.54) is 6.07 Å². The maximum absolute atomic E-state index is 13.5. The molecule has 1 nitrogen and oxygen atoms in total. The van der Waals surface area contributed by atoms with Gasteiger partial charge in [0, 0.05) is 10.8 Å². The highest BCUT2D eigenvalue weighted by molar-refractivity contribution is 5.88. The van der Waals surface area contributed by atoms with Crippen LogP contribution in [-0.2, 0) is 0 Å². The van der Waals surface area contributed by atoms with Crippen molar-refractivity contribution in [1.82, 2.24) is 0 Å². The lowest BCUT2D eigenvalue weighted by Gasteiger charge is -2.09. The summed E-state index contributed by atoms with van der Waals surface area (Å²) in [6.45, 7) is 2.80. The predicted molar refractivity (Wildman–Crippen MR) is 64.3 cm³/mol. The van der Waals surface area contributed by atoms with Crippen LogP contribution in [0.1, 0.15) is 19.8 Å². The third-order valence-electron chi connectivity index (χ3n) is 2.59. The maximum atomic E-state index is 13.5. The largest absolute Gasteiger partial charge is 0.493 e. The second-order valence-corrected chi connectivity index (χ2v) is 3.79. The molecule has 0 aromatic heterocycles. The van der Waals surface area contributed by atoms with Gasteiger partial charge in [-0.3, -0.25) is 0 Å². The third kappa shape index (κ3) is 2.16. The zero-order valence-corrected chi connectivity index (χ0v) is 9.37. The van der Waals surface area contributed by atoms with Crippen molar-refractivity contribution in [2.75, 3.05) is 6.61 Å². The van der Waals surface area contributed by atoms with Crippen LogP contribution in [0.2, 0.25) is 0 Å². The normalized spacial score (nSPS) is 10.6. The summed E-state index contributed by atoms with van der Waals surface area (Å²) >= 11 is 0. The zero-order chi connectivity index (χ0) is 11.4. The van der Waals surface area contributed by atoms with Gasteiger partial charge in [0.15, 0.2) is 0 Å². The molecule has 0 spiro atoms. The summed E-state index contributed by atoms with van der Waals surface area (Å²) in [5, 5.41) is 1.47. The third-order valence-corrected chi connectivity index (χ3v) is 2.59. The van der Waals surface area contributed by atoms with Gasteiger partial charge in [-0.05, 0) is 18.6 Å². The van der Waals surface area contributed by atoms with E-state index in [0.29, 0.717) is 12.0 Å². The Morgan fingerprint density at radius 1 is 1.06 bits per heavy atom. The molecule has 84 valence electrons. The van der Waals surface area contributed by atoms with E-state index in [4.69, 9.17) is 4.74 Å². The molecule has 0 unspecified atom stereocenters. The fourth-order valence-electron chi connectivity index (χ4n) is 1.69. The van der Waals surface area contributed by atoms with E-state index in [9.17, 15) is 4.39 Å². The van der Waals surface area contributed by atoms with E-state index in [1.807, 2.05) is 18.2 Å². The van der Waals surface area contributed by atoms with Gasteiger partial charge in [0.1, 0.15) is 11.6 Å². The molecular weight excluding hydrogens is 203 g/mol. The molecule has 2 aromatic rings. The van der Waals surface area contributed by atoms with Gasteiger partial charge in [-0.1, -0.05) is 37.6 Å². The molecule has 0 fully saturated rings. The molecule has 0 aliphatic carbocycles. The Hall–Kier alpha value is -1.57. The molecule has 16 heavy (non-hydrogen) atoms. The van der Waals surface area contributed by atoms with Gasteiger partial charge in [0.05, 0.1) is 6.61 Å². The minimum atomic E-state index is -0.196. The Bertz CT molecular complexity index is 479. The Labute approximate surface area is 94.9 Å². The summed E-state index contributed by atoms with van der Waals surface area (Å²) in [4.78, 5) is 0. The van der Waals surface area contributed by atoms with Crippen LogP contribution >= 0.6 is 0 Å². The highest BCUT2D eigenvalue weighted by atomic mass is 19.1. The summed E-state index contributed by atoms with van der Waals surface area (Å²) in [6.07, 6.45) is 2.12. The number of rotatable bonds is 4. The summed E-state index contributed by atoms with van der Waals surface area (Å²) in [5.41, 5.74) is 0. The van der Waals surface area contributed by atoms with Crippen LogP contribution in [0.5, 0.6) is 5.75 Å². The first kappa shape index (κ1) is 10.9. The molecule has 0 N–H and O–H groups in total. The van der Waals surface area contributed by atoms with Crippen LogP contribution in [0, 0.1) is 5.82 Å². The molecule has 0 radical (unpaired) electrons. The van der Waals surface area contributed by atoms with Crippen molar-refractivity contribution in [3.05, 3.63) is 42.2 Å². The van der Waals surface area contributed by atoms with Gasteiger partial charge in [-0.15, -0.1) is 0 Å². The monoisotopic (exact) mass is 218 g/mol. The average molecular weight is 218 g/mol. The Balaban J connectivity index is 2.35. The van der Waals surface area contributed by atoms with Crippen molar-refractivity contribution in [2.45, 2.75) is 19.8 Å². The maximum Gasteiger partial charge on any atom is 0.131 e. The summed E-state index contributed by atoms with van der Waals surface area (Å²) < 4.78 is 19.1. The Morgan fingerprint density at radius 3 is 2.56 bits per heavy atom. The van der Waals surface area contributed by atoms with E-state index in [2.05, 4.69) is 6.92 Å². The number of hydrogen-bond donors (Lipinski definition) is 0. The minimum absolute atomic E-state index is 0.196. The number of fused-ring (bicyclic) bond motifs is 1. The Morgan fingerprint density at radius 2 is 1.81 bits per heavy atom. The van der Waals surface area contributed by atoms with Crippen LogP contribution in [0.15, 0.2) is 36.4 Å². The second-order valence-electron chi connectivity index (χ2n) is 3.79. The van der Waals surface area contributed by atoms with Crippen molar-refractivity contribution in [3.63, 3.8) is 0 Å². The lowest BCUT2D eigenvalue weighted by Crippen LogP contribution is -1.97. The van der Waals surface area contributed by atoms with Crippen molar-refractivity contribution >= 4 is 10.8 Å². The number of hydrogen-bond acceptors (Lipinski definition) is 1. The number of benzene rings is 2. The molecule has 0 bridgehead atoms. The van der Waals surface area contributed by atoms with Crippen molar-refractivity contribution < 1.29 is 9.13 Å². The average Bonchev–Trinajstić information content (AvgIpc) is 2.33. The number of unbranched alkanes of at least 4 members (excludes halogenated alkanes) is 1. The van der Waals surface area contributed by atoms with E-state index in [-0.39, 0.29) is 5.82 Å². The molecule has 0 saturated carbocycles. The van der Waals surface area contributed by atoms with Gasteiger partial charge in [0.25, 0.3) is 0 Å². The fraction of sp³-hybridized carbons (Fsp3) is 0.286. The quantitative estimate of drug-likeness (QED) is 0.700. The van der Waals surface area contributed by atoms with E-state index >= 15 is 0 Å². The molecule has 0 aliphatic heterocycles.